The third-order valence-corrected chi connectivity index (χ3v) is 2.09. The predicted octanol–water partition coefficient (Wildman–Crippen LogP) is 2.70. The first kappa shape index (κ1) is 13.6. The van der Waals surface area contributed by atoms with E-state index in [-0.39, 0.29) is 16.9 Å². The van der Waals surface area contributed by atoms with E-state index in [4.69, 9.17) is 5.73 Å². The molecule has 0 spiro atoms. The zero-order valence-electron chi connectivity index (χ0n) is 9.31. The van der Waals surface area contributed by atoms with Gasteiger partial charge in [-0.05, 0) is 42.6 Å². The summed E-state index contributed by atoms with van der Waals surface area (Å²) in [6, 6.07) is 2.02. The lowest BCUT2D eigenvalue weighted by Gasteiger charge is -2.01. The number of rotatable bonds is 4. The van der Waals surface area contributed by atoms with E-state index in [1.165, 1.54) is 18.4 Å². The van der Waals surface area contributed by atoms with Gasteiger partial charge < -0.3 is 10.8 Å². The first-order valence-electron chi connectivity index (χ1n) is 4.99. The van der Waals surface area contributed by atoms with Crippen LogP contribution in [-0.2, 0) is 0 Å². The Labute approximate surface area is 103 Å². The molecule has 0 aliphatic rings. The highest BCUT2D eigenvalue weighted by atomic mass is 19.2. The van der Waals surface area contributed by atoms with Crippen molar-refractivity contribution in [3.63, 3.8) is 0 Å². The molecule has 94 valence electrons. The Morgan fingerprint density at radius 1 is 1.33 bits per heavy atom. The van der Waals surface area contributed by atoms with Crippen molar-refractivity contribution in [1.29, 1.82) is 0 Å². The van der Waals surface area contributed by atoms with E-state index in [1.807, 2.05) is 0 Å². The van der Waals surface area contributed by atoms with Crippen molar-refractivity contribution >= 4 is 12.4 Å². The highest BCUT2D eigenvalue weighted by molar-refractivity contribution is 5.82. The molecule has 0 saturated carbocycles. The summed E-state index contributed by atoms with van der Waals surface area (Å²) in [5.41, 5.74) is 4.83. The first-order valence-corrected chi connectivity index (χ1v) is 4.99. The van der Waals surface area contributed by atoms with Crippen LogP contribution in [0.3, 0.4) is 0 Å². The van der Waals surface area contributed by atoms with Crippen LogP contribution in [0, 0.1) is 11.6 Å². The van der Waals surface area contributed by atoms with Crippen molar-refractivity contribution in [2.45, 2.75) is 0 Å². The Morgan fingerprint density at radius 3 is 2.67 bits per heavy atom. The average Bonchev–Trinajstić information content (AvgIpc) is 2.38. The van der Waals surface area contributed by atoms with E-state index in [0.717, 1.165) is 24.3 Å². The van der Waals surface area contributed by atoms with Gasteiger partial charge in [0.1, 0.15) is 5.76 Å². The van der Waals surface area contributed by atoms with Gasteiger partial charge in [-0.1, -0.05) is 0 Å². The van der Waals surface area contributed by atoms with Gasteiger partial charge in [-0.15, -0.1) is 0 Å². The number of carbonyl (C=O) groups excluding carboxylic acids is 1. The summed E-state index contributed by atoms with van der Waals surface area (Å²) in [4.78, 5) is 10.7. The number of allylic oxidation sites excluding steroid dienone is 3. The molecule has 3 nitrogen and oxygen atoms in total. The molecule has 0 atom stereocenters. The van der Waals surface area contributed by atoms with E-state index in [2.05, 4.69) is 0 Å². The van der Waals surface area contributed by atoms with Crippen molar-refractivity contribution < 1.29 is 18.7 Å². The fraction of sp³-hybridized carbons (Fsp3) is 0. The van der Waals surface area contributed by atoms with Crippen molar-refractivity contribution in [3.8, 4) is 0 Å². The van der Waals surface area contributed by atoms with Crippen LogP contribution in [-0.4, -0.2) is 11.4 Å². The first-order chi connectivity index (χ1) is 8.60. The van der Waals surface area contributed by atoms with Crippen molar-refractivity contribution in [3.05, 3.63) is 65.1 Å². The molecule has 0 bridgehead atoms. The third-order valence-electron chi connectivity index (χ3n) is 2.09. The van der Waals surface area contributed by atoms with Crippen LogP contribution in [0.1, 0.15) is 15.9 Å². The molecule has 0 aliphatic heterocycles. The monoisotopic (exact) mass is 251 g/mol. The number of benzene rings is 1. The number of halogens is 2. The standard InChI is InChI=1S/C13H11F2NO2/c14-12-6-3-9(8-17)11(13(12)15)5-4-10(18)2-1-7-16/h1-8,18H,16H2/b5-4-,7-1+,10-2+. The number of carbonyl (C=O) groups is 1. The second-order valence-corrected chi connectivity index (χ2v) is 3.29. The molecule has 0 heterocycles. The van der Waals surface area contributed by atoms with Gasteiger partial charge >= 0.3 is 0 Å². The fourth-order valence-electron chi connectivity index (χ4n) is 1.23. The summed E-state index contributed by atoms with van der Waals surface area (Å²) in [7, 11) is 0. The maximum absolute atomic E-state index is 13.4. The SMILES string of the molecule is N/C=C/C=C(O)\C=C/c1c(C=O)ccc(F)c1F. The Hall–Kier alpha value is -2.43. The number of aliphatic hydroxyl groups excluding tert-OH is 1. The Balaban J connectivity index is 3.14. The number of nitrogens with two attached hydrogens (primary N) is 1. The smallest absolute Gasteiger partial charge is 0.166 e. The van der Waals surface area contributed by atoms with Crippen LogP contribution < -0.4 is 5.73 Å². The molecule has 1 aromatic carbocycles. The van der Waals surface area contributed by atoms with E-state index in [9.17, 15) is 18.7 Å². The second-order valence-electron chi connectivity index (χ2n) is 3.29. The lowest BCUT2D eigenvalue weighted by molar-refractivity contribution is 0.112. The maximum Gasteiger partial charge on any atom is 0.166 e. The highest BCUT2D eigenvalue weighted by Gasteiger charge is 2.10. The van der Waals surface area contributed by atoms with Crippen molar-refractivity contribution in [2.75, 3.05) is 0 Å². The van der Waals surface area contributed by atoms with E-state index < -0.39 is 11.6 Å². The van der Waals surface area contributed by atoms with Gasteiger partial charge in [-0.25, -0.2) is 8.78 Å². The number of hydrogen-bond donors (Lipinski definition) is 2. The van der Waals surface area contributed by atoms with Gasteiger partial charge in [0, 0.05) is 11.1 Å². The molecule has 3 N–H and O–H groups in total. The van der Waals surface area contributed by atoms with Crippen molar-refractivity contribution in [2.24, 2.45) is 5.73 Å². The molecular weight excluding hydrogens is 240 g/mol. The lowest BCUT2D eigenvalue weighted by atomic mass is 10.1. The Morgan fingerprint density at radius 2 is 2.06 bits per heavy atom. The summed E-state index contributed by atoms with van der Waals surface area (Å²) in [6.45, 7) is 0. The predicted molar refractivity (Wildman–Crippen MR) is 64.8 cm³/mol. The van der Waals surface area contributed by atoms with Crippen LogP contribution in [0.4, 0.5) is 8.78 Å². The molecule has 0 aliphatic carbocycles. The lowest BCUT2D eigenvalue weighted by Crippen LogP contribution is -1.95. The summed E-state index contributed by atoms with van der Waals surface area (Å²) in [5, 5.41) is 9.33. The van der Waals surface area contributed by atoms with Crippen LogP contribution in [0.5, 0.6) is 0 Å². The molecule has 0 unspecified atom stereocenters. The molecule has 0 fully saturated rings. The minimum atomic E-state index is -1.14. The van der Waals surface area contributed by atoms with Gasteiger partial charge in [0.25, 0.3) is 0 Å². The molecule has 0 saturated heterocycles. The molecule has 0 amide bonds. The zero-order valence-corrected chi connectivity index (χ0v) is 9.31. The minimum Gasteiger partial charge on any atom is -0.508 e. The molecule has 0 radical (unpaired) electrons. The molecular formula is C13H11F2NO2. The molecule has 1 rings (SSSR count). The maximum atomic E-state index is 13.4. The molecule has 0 aromatic heterocycles. The van der Waals surface area contributed by atoms with Crippen LogP contribution in [0.2, 0.25) is 0 Å². The number of aldehydes is 1. The summed E-state index contributed by atoms with van der Waals surface area (Å²) < 4.78 is 26.4. The molecule has 18 heavy (non-hydrogen) atoms. The van der Waals surface area contributed by atoms with E-state index >= 15 is 0 Å². The number of aliphatic hydroxyl groups is 1. The second kappa shape index (κ2) is 6.34. The largest absolute Gasteiger partial charge is 0.508 e. The third kappa shape index (κ3) is 3.28. The average molecular weight is 251 g/mol. The van der Waals surface area contributed by atoms with Crippen LogP contribution in [0.15, 0.2) is 42.3 Å². The topological polar surface area (TPSA) is 63.3 Å². The molecule has 5 heteroatoms. The van der Waals surface area contributed by atoms with Gasteiger partial charge in [0.05, 0.1) is 0 Å². The van der Waals surface area contributed by atoms with E-state index in [1.54, 1.807) is 0 Å². The Bertz CT molecular complexity index is 534. The summed E-state index contributed by atoms with van der Waals surface area (Å²) in [6.07, 6.45) is 6.46. The highest BCUT2D eigenvalue weighted by Crippen LogP contribution is 2.17. The normalized spacial score (nSPS) is 12.4. The number of hydrogen-bond acceptors (Lipinski definition) is 3. The summed E-state index contributed by atoms with van der Waals surface area (Å²) >= 11 is 0. The summed E-state index contributed by atoms with van der Waals surface area (Å²) in [5.74, 6) is -2.42. The Kier molecular flexibility index (Phi) is 4.80. The zero-order chi connectivity index (χ0) is 13.5. The fourth-order valence-corrected chi connectivity index (χ4v) is 1.23. The van der Waals surface area contributed by atoms with Gasteiger partial charge in [-0.3, -0.25) is 4.79 Å². The van der Waals surface area contributed by atoms with Crippen molar-refractivity contribution in [1.82, 2.24) is 0 Å². The van der Waals surface area contributed by atoms with Gasteiger partial charge in [-0.2, -0.15) is 0 Å². The van der Waals surface area contributed by atoms with Gasteiger partial charge in [0.15, 0.2) is 17.9 Å². The van der Waals surface area contributed by atoms with Crippen LogP contribution >= 0.6 is 0 Å². The minimum absolute atomic E-state index is 0.00711. The quantitative estimate of drug-likeness (QED) is 0.491. The van der Waals surface area contributed by atoms with Gasteiger partial charge in [0.2, 0.25) is 0 Å². The molecule has 1 aromatic rings. The van der Waals surface area contributed by atoms with Crippen LogP contribution in [0.25, 0.3) is 6.08 Å². The van der Waals surface area contributed by atoms with E-state index in [0.29, 0.717) is 6.29 Å².